The number of aromatic nitrogens is 3. The van der Waals surface area contributed by atoms with Gasteiger partial charge in [-0.1, -0.05) is 31.7 Å². The topological polar surface area (TPSA) is 88.8 Å². The number of aryl methyl sites for hydroxylation is 1. The Balaban J connectivity index is 2.07. The number of furan rings is 1. The first-order valence-corrected chi connectivity index (χ1v) is 10.1. The van der Waals surface area contributed by atoms with Crippen molar-refractivity contribution in [3.05, 3.63) is 52.2 Å². The van der Waals surface area contributed by atoms with Crippen LogP contribution in [0.25, 0.3) is 22.4 Å². The van der Waals surface area contributed by atoms with E-state index in [1.165, 1.54) is 11.8 Å². The summed E-state index contributed by atoms with van der Waals surface area (Å²) in [6.07, 6.45) is 2.78. The first-order valence-electron chi connectivity index (χ1n) is 9.10. The van der Waals surface area contributed by atoms with Crippen LogP contribution in [0.15, 0.2) is 39.2 Å². The molecule has 28 heavy (non-hydrogen) atoms. The summed E-state index contributed by atoms with van der Waals surface area (Å²) in [4.78, 5) is 38.0. The lowest BCUT2D eigenvalue weighted by molar-refractivity contribution is 0.0911. The van der Waals surface area contributed by atoms with Crippen molar-refractivity contribution in [3.8, 4) is 11.3 Å². The number of fused-ring (bicyclic) bond motifs is 2. The van der Waals surface area contributed by atoms with Crippen LogP contribution < -0.4 is 5.56 Å². The van der Waals surface area contributed by atoms with Gasteiger partial charge in [0.15, 0.2) is 16.6 Å². The van der Waals surface area contributed by atoms with Crippen LogP contribution in [0, 0.1) is 12.3 Å². The summed E-state index contributed by atoms with van der Waals surface area (Å²) in [5, 5.41) is 0.775. The largest absolute Gasteiger partial charge is 0.461 e. The molecule has 1 aliphatic carbocycles. The van der Waals surface area contributed by atoms with Gasteiger partial charge in [0.05, 0.1) is 16.6 Å². The van der Waals surface area contributed by atoms with Gasteiger partial charge >= 0.3 is 0 Å². The molecule has 1 N–H and O–H groups in total. The molecule has 0 fully saturated rings. The molecule has 7 heteroatoms. The maximum atomic E-state index is 13.0. The standard InChI is InChI=1S/C21H21N3O3S/c1-5-8-28-20-23-18-17(19(26)24-20)16(14-7-6-11(2)27-14)15-12(22-18)9-21(3,4)10-13(15)25/h5-7H,1,8-10H2,2-4H3,(H,22,23,24,26). The van der Waals surface area contributed by atoms with Gasteiger partial charge in [-0.3, -0.25) is 9.59 Å². The number of aromatic amines is 1. The van der Waals surface area contributed by atoms with Gasteiger partial charge in [-0.25, -0.2) is 9.97 Å². The van der Waals surface area contributed by atoms with Crippen molar-refractivity contribution in [1.82, 2.24) is 15.0 Å². The molecule has 0 bridgehead atoms. The van der Waals surface area contributed by atoms with E-state index >= 15 is 0 Å². The number of nitrogens with zero attached hydrogens (tertiary/aromatic N) is 2. The van der Waals surface area contributed by atoms with Gasteiger partial charge in [-0.05, 0) is 30.9 Å². The summed E-state index contributed by atoms with van der Waals surface area (Å²) in [5.74, 6) is 1.80. The van der Waals surface area contributed by atoms with Crippen LogP contribution in [0.5, 0.6) is 0 Å². The average Bonchev–Trinajstić information content (AvgIpc) is 3.03. The van der Waals surface area contributed by atoms with Crippen molar-refractivity contribution in [2.24, 2.45) is 5.41 Å². The van der Waals surface area contributed by atoms with Gasteiger partial charge < -0.3 is 9.40 Å². The Morgan fingerprint density at radius 2 is 2.04 bits per heavy atom. The molecule has 0 amide bonds. The molecular formula is C21H21N3O3S. The van der Waals surface area contributed by atoms with Crippen molar-refractivity contribution in [2.75, 3.05) is 5.75 Å². The molecule has 0 aliphatic heterocycles. The molecule has 6 nitrogen and oxygen atoms in total. The lowest BCUT2D eigenvalue weighted by Crippen LogP contribution is -2.29. The average molecular weight is 395 g/mol. The summed E-state index contributed by atoms with van der Waals surface area (Å²) >= 11 is 1.38. The van der Waals surface area contributed by atoms with E-state index in [0.717, 1.165) is 0 Å². The summed E-state index contributed by atoms with van der Waals surface area (Å²) in [5.41, 5.74) is 1.48. The van der Waals surface area contributed by atoms with Crippen LogP contribution in [0.2, 0.25) is 0 Å². The van der Waals surface area contributed by atoms with E-state index in [2.05, 4.69) is 21.5 Å². The number of rotatable bonds is 4. The molecule has 144 valence electrons. The highest BCUT2D eigenvalue weighted by atomic mass is 32.2. The van der Waals surface area contributed by atoms with Gasteiger partial charge in [-0.2, -0.15) is 0 Å². The normalized spacial score (nSPS) is 15.6. The number of hydrogen-bond donors (Lipinski definition) is 1. The first-order chi connectivity index (χ1) is 13.3. The third kappa shape index (κ3) is 3.20. The summed E-state index contributed by atoms with van der Waals surface area (Å²) < 4.78 is 5.82. The summed E-state index contributed by atoms with van der Waals surface area (Å²) in [7, 11) is 0. The number of carbonyl (C=O) groups is 1. The number of pyridine rings is 1. The van der Waals surface area contributed by atoms with Crippen molar-refractivity contribution in [2.45, 2.75) is 38.8 Å². The van der Waals surface area contributed by atoms with Crippen LogP contribution >= 0.6 is 11.8 Å². The van der Waals surface area contributed by atoms with E-state index < -0.39 is 0 Å². The highest BCUT2D eigenvalue weighted by Gasteiger charge is 2.36. The molecule has 0 radical (unpaired) electrons. The molecular weight excluding hydrogens is 374 g/mol. The van der Waals surface area contributed by atoms with Crippen molar-refractivity contribution < 1.29 is 9.21 Å². The summed E-state index contributed by atoms with van der Waals surface area (Å²) in [6.45, 7) is 9.62. The summed E-state index contributed by atoms with van der Waals surface area (Å²) in [6, 6.07) is 3.61. The van der Waals surface area contributed by atoms with Gasteiger partial charge in [0.1, 0.15) is 11.5 Å². The zero-order valence-electron chi connectivity index (χ0n) is 16.1. The molecule has 0 spiro atoms. The van der Waals surface area contributed by atoms with Gasteiger partial charge in [0, 0.05) is 17.7 Å². The second-order valence-corrected chi connectivity index (χ2v) is 8.84. The molecule has 0 unspecified atom stereocenters. The van der Waals surface area contributed by atoms with E-state index in [1.54, 1.807) is 12.1 Å². The number of nitrogens with one attached hydrogen (secondary N) is 1. The minimum Gasteiger partial charge on any atom is -0.461 e. The minimum atomic E-state index is -0.325. The molecule has 3 aromatic heterocycles. The second kappa shape index (κ2) is 6.74. The fourth-order valence-electron chi connectivity index (χ4n) is 3.69. The highest BCUT2D eigenvalue weighted by Crippen LogP contribution is 2.40. The number of thioether (sulfide) groups is 1. The van der Waals surface area contributed by atoms with E-state index in [0.29, 0.717) is 63.1 Å². The number of ketones is 1. The maximum absolute atomic E-state index is 13.0. The zero-order chi connectivity index (χ0) is 20.1. The van der Waals surface area contributed by atoms with Gasteiger partial charge in [0.2, 0.25) is 0 Å². The van der Waals surface area contributed by atoms with E-state index in [4.69, 9.17) is 4.42 Å². The minimum absolute atomic E-state index is 0.0192. The van der Waals surface area contributed by atoms with Crippen molar-refractivity contribution in [3.63, 3.8) is 0 Å². The predicted molar refractivity (Wildman–Crippen MR) is 110 cm³/mol. The number of H-pyrrole nitrogens is 1. The smallest absolute Gasteiger partial charge is 0.261 e. The second-order valence-electron chi connectivity index (χ2n) is 7.83. The Morgan fingerprint density at radius 1 is 1.25 bits per heavy atom. The van der Waals surface area contributed by atoms with Crippen molar-refractivity contribution in [1.29, 1.82) is 0 Å². The van der Waals surface area contributed by atoms with Gasteiger partial charge in [-0.15, -0.1) is 6.58 Å². The number of Topliss-reactive ketones (excluding diaryl/α,β-unsaturated/α-hetero) is 1. The molecule has 3 aromatic rings. The Kier molecular flexibility index (Phi) is 4.50. The van der Waals surface area contributed by atoms with Crippen LogP contribution in [-0.4, -0.2) is 26.5 Å². The SMILES string of the molecule is C=CCSc1nc2nc3c(c(-c4ccc(C)o4)c2c(=O)[nH]1)C(=O)CC(C)(C)C3. The van der Waals surface area contributed by atoms with Crippen LogP contribution in [0.4, 0.5) is 0 Å². The van der Waals surface area contributed by atoms with E-state index in [-0.39, 0.29) is 16.8 Å². The van der Waals surface area contributed by atoms with Crippen LogP contribution in [0.3, 0.4) is 0 Å². The fraction of sp³-hybridized carbons (Fsp3) is 0.333. The van der Waals surface area contributed by atoms with Crippen LogP contribution in [-0.2, 0) is 6.42 Å². The zero-order valence-corrected chi connectivity index (χ0v) is 16.9. The first kappa shape index (κ1) is 18.7. The highest BCUT2D eigenvalue weighted by molar-refractivity contribution is 7.99. The van der Waals surface area contributed by atoms with Gasteiger partial charge in [0.25, 0.3) is 5.56 Å². The third-order valence-corrected chi connectivity index (χ3v) is 5.67. The Bertz CT molecular complexity index is 1170. The molecule has 3 heterocycles. The lowest BCUT2D eigenvalue weighted by Gasteiger charge is -2.30. The quantitative estimate of drug-likeness (QED) is 0.402. The molecule has 0 saturated heterocycles. The van der Waals surface area contributed by atoms with Crippen LogP contribution in [0.1, 0.15) is 42.1 Å². The third-order valence-electron chi connectivity index (χ3n) is 4.80. The lowest BCUT2D eigenvalue weighted by atomic mass is 9.74. The van der Waals surface area contributed by atoms with Crippen molar-refractivity contribution >= 4 is 28.6 Å². The van der Waals surface area contributed by atoms with E-state index in [9.17, 15) is 9.59 Å². The Labute approximate surface area is 166 Å². The Hall–Kier alpha value is -2.67. The monoisotopic (exact) mass is 395 g/mol. The predicted octanol–water partition coefficient (Wildman–Crippen LogP) is 4.32. The van der Waals surface area contributed by atoms with E-state index in [1.807, 2.05) is 26.8 Å². The molecule has 1 aliphatic rings. The number of hydrogen-bond acceptors (Lipinski definition) is 6. The maximum Gasteiger partial charge on any atom is 0.261 e. The Morgan fingerprint density at radius 3 is 2.71 bits per heavy atom. The fourth-order valence-corrected chi connectivity index (χ4v) is 4.28. The number of carbonyl (C=O) groups excluding carboxylic acids is 1. The molecule has 0 aromatic carbocycles. The molecule has 4 rings (SSSR count). The molecule has 0 saturated carbocycles. The molecule has 0 atom stereocenters.